The standard InChI is InChI=1S/C18H31NO/c1-13(2)12-19-9-8-18(5,6)16-10-14(3)17(20-7)15(4)11-16/h10-11,13,19H,8-9,12H2,1-7H3. The number of nitrogens with one attached hydrogen (secondary N) is 1. The van der Waals surface area contributed by atoms with E-state index in [0.29, 0.717) is 5.92 Å². The van der Waals surface area contributed by atoms with Gasteiger partial charge in [0, 0.05) is 0 Å². The van der Waals surface area contributed by atoms with Crippen molar-refractivity contribution in [2.75, 3.05) is 20.2 Å². The highest BCUT2D eigenvalue weighted by Crippen LogP contribution is 2.32. The molecule has 2 heteroatoms. The third kappa shape index (κ3) is 4.52. The molecule has 1 rings (SSSR count). The second kappa shape index (κ2) is 7.12. The first-order valence-electron chi connectivity index (χ1n) is 7.64. The van der Waals surface area contributed by atoms with E-state index in [2.05, 4.69) is 59.0 Å². The molecule has 0 aliphatic heterocycles. The quantitative estimate of drug-likeness (QED) is 0.753. The molecule has 0 heterocycles. The van der Waals surface area contributed by atoms with Gasteiger partial charge in [0.15, 0.2) is 0 Å². The van der Waals surface area contributed by atoms with Gasteiger partial charge in [-0.25, -0.2) is 0 Å². The Labute approximate surface area is 124 Å². The molecule has 0 fully saturated rings. The van der Waals surface area contributed by atoms with E-state index >= 15 is 0 Å². The normalized spacial score (nSPS) is 12.0. The highest BCUT2D eigenvalue weighted by molar-refractivity contribution is 5.45. The van der Waals surface area contributed by atoms with Crippen LogP contribution in [0.15, 0.2) is 12.1 Å². The molecule has 0 amide bonds. The Morgan fingerprint density at radius 1 is 1.15 bits per heavy atom. The van der Waals surface area contributed by atoms with Gasteiger partial charge in [-0.15, -0.1) is 0 Å². The zero-order valence-electron chi connectivity index (χ0n) is 14.3. The monoisotopic (exact) mass is 277 g/mol. The van der Waals surface area contributed by atoms with Crippen LogP contribution < -0.4 is 10.1 Å². The third-order valence-electron chi connectivity index (χ3n) is 3.93. The first-order valence-corrected chi connectivity index (χ1v) is 7.64. The van der Waals surface area contributed by atoms with Crippen molar-refractivity contribution < 1.29 is 4.74 Å². The van der Waals surface area contributed by atoms with Crippen molar-refractivity contribution in [2.24, 2.45) is 5.92 Å². The summed E-state index contributed by atoms with van der Waals surface area (Å²) in [6.45, 7) is 15.6. The number of aryl methyl sites for hydroxylation is 2. The van der Waals surface area contributed by atoms with Crippen LogP contribution in [0.3, 0.4) is 0 Å². The minimum absolute atomic E-state index is 0.186. The second-order valence-corrected chi connectivity index (χ2v) is 6.88. The zero-order valence-corrected chi connectivity index (χ0v) is 14.3. The Kier molecular flexibility index (Phi) is 6.07. The summed E-state index contributed by atoms with van der Waals surface area (Å²) in [5, 5.41) is 3.54. The fourth-order valence-corrected chi connectivity index (χ4v) is 2.60. The van der Waals surface area contributed by atoms with Gasteiger partial charge in [0.05, 0.1) is 7.11 Å². The predicted octanol–water partition coefficient (Wildman–Crippen LogP) is 4.23. The SMILES string of the molecule is COc1c(C)cc(C(C)(C)CCNCC(C)C)cc1C. The van der Waals surface area contributed by atoms with Crippen molar-refractivity contribution in [3.63, 3.8) is 0 Å². The number of rotatable bonds is 7. The van der Waals surface area contributed by atoms with Gasteiger partial charge >= 0.3 is 0 Å². The Bertz CT molecular complexity index is 412. The molecular formula is C18H31NO. The molecule has 1 aromatic carbocycles. The lowest BCUT2D eigenvalue weighted by molar-refractivity contribution is 0.406. The molecule has 0 saturated heterocycles. The zero-order chi connectivity index (χ0) is 15.3. The summed E-state index contributed by atoms with van der Waals surface area (Å²) in [5.74, 6) is 1.73. The van der Waals surface area contributed by atoms with E-state index in [0.717, 1.165) is 25.3 Å². The van der Waals surface area contributed by atoms with Crippen molar-refractivity contribution in [2.45, 2.75) is 53.4 Å². The maximum Gasteiger partial charge on any atom is 0.124 e. The molecule has 0 aliphatic rings. The number of benzene rings is 1. The molecule has 0 saturated carbocycles. The second-order valence-electron chi connectivity index (χ2n) is 6.88. The Hall–Kier alpha value is -1.02. The smallest absolute Gasteiger partial charge is 0.124 e. The van der Waals surface area contributed by atoms with E-state index in [1.165, 1.54) is 16.7 Å². The highest BCUT2D eigenvalue weighted by Gasteiger charge is 2.22. The lowest BCUT2D eigenvalue weighted by Crippen LogP contribution is -2.28. The van der Waals surface area contributed by atoms with Gasteiger partial charge in [0.1, 0.15) is 5.75 Å². The fourth-order valence-electron chi connectivity index (χ4n) is 2.60. The summed E-state index contributed by atoms with van der Waals surface area (Å²) < 4.78 is 5.46. The summed E-state index contributed by atoms with van der Waals surface area (Å²) in [6.07, 6.45) is 1.14. The number of hydrogen-bond acceptors (Lipinski definition) is 2. The Balaban J connectivity index is 2.77. The van der Waals surface area contributed by atoms with Crippen molar-refractivity contribution in [1.29, 1.82) is 0 Å². The number of methoxy groups -OCH3 is 1. The molecule has 0 aliphatic carbocycles. The van der Waals surface area contributed by atoms with E-state index in [1.807, 2.05) is 0 Å². The molecule has 1 N–H and O–H groups in total. The molecule has 0 bridgehead atoms. The maximum absolute atomic E-state index is 5.46. The van der Waals surface area contributed by atoms with E-state index < -0.39 is 0 Å². The first kappa shape index (κ1) is 17.0. The van der Waals surface area contributed by atoms with Gasteiger partial charge in [-0.2, -0.15) is 0 Å². The summed E-state index contributed by atoms with van der Waals surface area (Å²) in [6, 6.07) is 4.54. The molecule has 20 heavy (non-hydrogen) atoms. The van der Waals surface area contributed by atoms with Crippen LogP contribution in [0.5, 0.6) is 5.75 Å². The predicted molar refractivity (Wildman–Crippen MR) is 87.8 cm³/mol. The van der Waals surface area contributed by atoms with E-state index in [1.54, 1.807) is 7.11 Å². The van der Waals surface area contributed by atoms with Crippen molar-refractivity contribution in [1.82, 2.24) is 5.32 Å². The fraction of sp³-hybridized carbons (Fsp3) is 0.667. The molecule has 1 aromatic rings. The summed E-state index contributed by atoms with van der Waals surface area (Å²) in [4.78, 5) is 0. The van der Waals surface area contributed by atoms with Crippen molar-refractivity contribution in [3.05, 3.63) is 28.8 Å². The van der Waals surface area contributed by atoms with Crippen LogP contribution in [0.2, 0.25) is 0 Å². The van der Waals surface area contributed by atoms with Gasteiger partial charge in [-0.3, -0.25) is 0 Å². The van der Waals surface area contributed by atoms with Crippen LogP contribution in [0.4, 0.5) is 0 Å². The maximum atomic E-state index is 5.46. The lowest BCUT2D eigenvalue weighted by Gasteiger charge is -2.27. The van der Waals surface area contributed by atoms with Gasteiger partial charge in [0.25, 0.3) is 0 Å². The highest BCUT2D eigenvalue weighted by atomic mass is 16.5. The average Bonchev–Trinajstić information content (AvgIpc) is 2.34. The molecular weight excluding hydrogens is 246 g/mol. The lowest BCUT2D eigenvalue weighted by atomic mass is 9.80. The molecule has 0 unspecified atom stereocenters. The molecule has 0 radical (unpaired) electrons. The van der Waals surface area contributed by atoms with E-state index in [4.69, 9.17) is 4.74 Å². The topological polar surface area (TPSA) is 21.3 Å². The Morgan fingerprint density at radius 2 is 1.70 bits per heavy atom. The number of hydrogen-bond donors (Lipinski definition) is 1. The van der Waals surface area contributed by atoms with Gasteiger partial charge in [-0.05, 0) is 61.4 Å². The molecule has 114 valence electrons. The van der Waals surface area contributed by atoms with E-state index in [-0.39, 0.29) is 5.41 Å². The first-order chi connectivity index (χ1) is 9.27. The van der Waals surface area contributed by atoms with Crippen LogP contribution in [-0.4, -0.2) is 20.2 Å². The third-order valence-corrected chi connectivity index (χ3v) is 3.93. The van der Waals surface area contributed by atoms with Gasteiger partial charge in [0.2, 0.25) is 0 Å². The average molecular weight is 277 g/mol. The van der Waals surface area contributed by atoms with Crippen LogP contribution in [-0.2, 0) is 5.41 Å². The molecule has 0 atom stereocenters. The molecule has 0 aromatic heterocycles. The van der Waals surface area contributed by atoms with E-state index in [9.17, 15) is 0 Å². The molecule has 2 nitrogen and oxygen atoms in total. The van der Waals surface area contributed by atoms with Crippen molar-refractivity contribution in [3.8, 4) is 5.75 Å². The minimum atomic E-state index is 0.186. The van der Waals surface area contributed by atoms with Crippen LogP contribution in [0.25, 0.3) is 0 Å². The Morgan fingerprint density at radius 3 is 2.15 bits per heavy atom. The minimum Gasteiger partial charge on any atom is -0.496 e. The summed E-state index contributed by atoms with van der Waals surface area (Å²) in [7, 11) is 1.75. The van der Waals surface area contributed by atoms with Crippen LogP contribution >= 0.6 is 0 Å². The number of ether oxygens (including phenoxy) is 1. The van der Waals surface area contributed by atoms with Crippen LogP contribution in [0.1, 0.15) is 50.8 Å². The molecule has 0 spiro atoms. The summed E-state index contributed by atoms with van der Waals surface area (Å²) in [5.41, 5.74) is 4.04. The van der Waals surface area contributed by atoms with Gasteiger partial charge in [-0.1, -0.05) is 39.8 Å². The van der Waals surface area contributed by atoms with Crippen molar-refractivity contribution >= 4 is 0 Å². The van der Waals surface area contributed by atoms with Gasteiger partial charge < -0.3 is 10.1 Å². The summed E-state index contributed by atoms with van der Waals surface area (Å²) >= 11 is 0. The van der Waals surface area contributed by atoms with Crippen LogP contribution in [0, 0.1) is 19.8 Å². The largest absolute Gasteiger partial charge is 0.496 e.